The van der Waals surface area contributed by atoms with Crippen LogP contribution in [0.2, 0.25) is 0 Å². The van der Waals surface area contributed by atoms with Crippen molar-refractivity contribution in [2.45, 2.75) is 33.1 Å². The number of hydrogen-bond acceptors (Lipinski definition) is 4. The van der Waals surface area contributed by atoms with E-state index < -0.39 is 0 Å². The molecule has 7 heteroatoms. The quantitative estimate of drug-likeness (QED) is 0.137. The molecule has 0 bridgehead atoms. The molecule has 14 aromatic rings. The van der Waals surface area contributed by atoms with Gasteiger partial charge >= 0.3 is 306 Å². The third kappa shape index (κ3) is 10.3. The fourth-order valence-electron chi connectivity index (χ4n) is 12.9. The number of benzene rings is 12. The monoisotopic (exact) mass is 1340 g/mol. The van der Waals surface area contributed by atoms with Crippen LogP contribution in [0.5, 0.6) is 11.5 Å². The van der Waals surface area contributed by atoms with E-state index in [1.54, 1.807) is 0 Å². The van der Waals surface area contributed by atoms with Crippen molar-refractivity contribution >= 4 is 45.3 Å². The number of hydrogen-bond donors (Lipinski definition) is 0. The zero-order valence-electron chi connectivity index (χ0n) is 50.4. The van der Waals surface area contributed by atoms with Gasteiger partial charge in [-0.25, -0.2) is 0 Å². The summed E-state index contributed by atoms with van der Waals surface area (Å²) in [5, 5.41) is 0. The van der Waals surface area contributed by atoms with E-state index in [1.807, 2.05) is 6.20 Å². The number of aryl methyl sites for hydroxylation is 1. The molecule has 15 rings (SSSR count). The summed E-state index contributed by atoms with van der Waals surface area (Å²) in [7, 11) is 0. The first-order valence-corrected chi connectivity index (χ1v) is 31.7. The number of para-hydroxylation sites is 6. The predicted octanol–water partition coefficient (Wildman–Crippen LogP) is 22.5. The van der Waals surface area contributed by atoms with Gasteiger partial charge in [-0.15, -0.1) is 0 Å². The smallest absolute Gasteiger partial charge is 0.0622 e. The third-order valence-corrected chi connectivity index (χ3v) is 18.3. The number of aromatic nitrogens is 3. The third-order valence-electron chi connectivity index (χ3n) is 17.3. The topological polar surface area (TPSA) is 38.5 Å². The Balaban J connectivity index is 0.907. The molecule has 1 aliphatic heterocycles. The van der Waals surface area contributed by atoms with Crippen LogP contribution in [0.25, 0.3) is 89.2 Å². The molecule has 0 atom stereocenters. The molecule has 0 saturated carbocycles. The molecular weight excluding hydrogens is 1280 g/mol. The van der Waals surface area contributed by atoms with Gasteiger partial charge in [0.1, 0.15) is 0 Å². The van der Waals surface area contributed by atoms with E-state index in [0.29, 0.717) is 11.5 Å². The summed E-state index contributed by atoms with van der Waals surface area (Å²) in [5.74, 6) is 2.16. The Labute approximate surface area is 536 Å². The van der Waals surface area contributed by atoms with Gasteiger partial charge in [-0.1, -0.05) is 136 Å². The van der Waals surface area contributed by atoms with E-state index in [1.165, 1.54) is 16.7 Å². The molecule has 6 nitrogen and oxygen atoms in total. The average Bonchev–Trinajstić information content (AvgIpc) is 1.22. The van der Waals surface area contributed by atoms with Crippen molar-refractivity contribution in [1.82, 2.24) is 14.1 Å². The van der Waals surface area contributed by atoms with Crippen LogP contribution in [0.4, 0.5) is 34.3 Å². The zero-order valence-corrected chi connectivity index (χ0v) is 52.7. The number of fused-ring (bicyclic) bond motifs is 7. The van der Waals surface area contributed by atoms with Gasteiger partial charge in [0.2, 0.25) is 0 Å². The summed E-state index contributed by atoms with van der Waals surface area (Å²) in [5.41, 5.74) is 24.9. The number of rotatable bonds is 10. The molecule has 0 unspecified atom stereocenters. The van der Waals surface area contributed by atoms with Crippen molar-refractivity contribution in [3.05, 3.63) is 324 Å². The Kier molecular flexibility index (Phi) is 14.6. The fourth-order valence-corrected chi connectivity index (χ4v) is 14.0. The van der Waals surface area contributed by atoms with Crippen LogP contribution < -0.4 is 14.5 Å². The molecule has 0 fully saturated rings. The fraction of sp³-hybridized carbons (Fsp3) is 0.0602. The van der Waals surface area contributed by atoms with E-state index in [4.69, 9.17) is 9.72 Å². The number of nitrogens with zero attached hydrogens (tertiary/aromatic N) is 5. The van der Waals surface area contributed by atoms with Gasteiger partial charge in [-0.3, -0.25) is 0 Å². The number of ether oxygens (including phenoxy) is 1. The maximum absolute atomic E-state index is 7.25. The Morgan fingerprint density at radius 2 is 0.800 bits per heavy atom. The van der Waals surface area contributed by atoms with Crippen LogP contribution >= 0.6 is 0 Å². The van der Waals surface area contributed by atoms with Crippen LogP contribution in [0.15, 0.2) is 310 Å². The first-order chi connectivity index (χ1) is 44.1. The van der Waals surface area contributed by atoms with Crippen LogP contribution in [0.1, 0.15) is 31.9 Å². The number of pyridine rings is 1. The molecule has 12 aromatic carbocycles. The zero-order chi connectivity index (χ0) is 60.9. The second kappa shape index (κ2) is 23.5. The molecule has 0 amide bonds. The van der Waals surface area contributed by atoms with Crippen LogP contribution in [0, 0.1) is 10.7 Å². The van der Waals surface area contributed by atoms with Crippen molar-refractivity contribution in [3.8, 4) is 89.6 Å². The van der Waals surface area contributed by atoms with Crippen molar-refractivity contribution in [2.24, 2.45) is 0 Å². The SMILES string of the molecule is Cc1cc(N2c3ccccc3-c3ccccc3N(c3cccc(C(C)(C)C)c3)c3ccccc3-c3ccc(Oc4cccc(-n5[c](=[Pt])n(-c6c(-c7ccccc7)cccc6-c6ccccc6)c6ccccc65)c4)cc32)ncc1-c1ccc(-c2ccccc2)cc1. The van der Waals surface area contributed by atoms with Gasteiger partial charge in [0.05, 0.1) is 5.69 Å². The molecule has 1 aliphatic rings. The number of anilines is 6. The van der Waals surface area contributed by atoms with Crippen LogP contribution in [0.3, 0.4) is 0 Å². The molecule has 0 saturated heterocycles. The maximum atomic E-state index is 7.25. The van der Waals surface area contributed by atoms with Crippen molar-refractivity contribution in [2.75, 3.05) is 9.80 Å². The Hall–Kier alpha value is -10.7. The Bertz CT molecular complexity index is 5010. The summed E-state index contributed by atoms with van der Waals surface area (Å²) < 4.78 is 13.0. The van der Waals surface area contributed by atoms with Gasteiger partial charge in [-0.2, -0.15) is 0 Å². The molecule has 2 aromatic heterocycles. The summed E-state index contributed by atoms with van der Waals surface area (Å²) in [4.78, 5) is 10.3. The number of imidazole rings is 1. The van der Waals surface area contributed by atoms with Gasteiger partial charge in [0, 0.05) is 23.0 Å². The molecule has 3 heterocycles. The van der Waals surface area contributed by atoms with Crippen LogP contribution in [-0.2, 0) is 24.8 Å². The molecule has 0 spiro atoms. The predicted molar refractivity (Wildman–Crippen MR) is 369 cm³/mol. The normalized spacial score (nSPS) is 12.0. The second-order valence-corrected chi connectivity index (χ2v) is 25.0. The minimum absolute atomic E-state index is 0.0779. The Morgan fingerprint density at radius 3 is 1.40 bits per heavy atom. The van der Waals surface area contributed by atoms with E-state index in [2.05, 4.69) is 369 Å². The molecule has 436 valence electrons. The van der Waals surface area contributed by atoms with Crippen molar-refractivity contribution in [3.63, 3.8) is 0 Å². The van der Waals surface area contributed by atoms with Gasteiger partial charge in [-0.05, 0) is 64.4 Å². The second-order valence-electron chi connectivity index (χ2n) is 23.9. The Morgan fingerprint density at radius 1 is 0.344 bits per heavy atom. The molecule has 0 aliphatic carbocycles. The van der Waals surface area contributed by atoms with Gasteiger partial charge < -0.3 is 4.90 Å². The van der Waals surface area contributed by atoms with Crippen molar-refractivity contribution in [1.29, 1.82) is 0 Å². The molecular formula is C83H63N5OPt. The van der Waals surface area contributed by atoms with E-state index in [-0.39, 0.29) is 5.41 Å². The van der Waals surface area contributed by atoms with Crippen LogP contribution in [-0.4, -0.2) is 14.1 Å². The first-order valence-electron chi connectivity index (χ1n) is 30.6. The van der Waals surface area contributed by atoms with E-state index in [0.717, 1.165) is 122 Å². The summed E-state index contributed by atoms with van der Waals surface area (Å²) in [6, 6.07) is 109. The molecule has 90 heavy (non-hydrogen) atoms. The minimum atomic E-state index is -0.0779. The molecule has 0 radical (unpaired) electrons. The standard InChI is InChI=1S/C83H63N5O.Pt/c1-57-51-81(84-55-74(57)62-47-45-59(46-48-62)58-25-8-5-9-26-58)88-77-42-19-16-36-71(77)70-35-14-17-40-75(70)87(65-33-22-31-63(52-65)83(2,3)4)76-41-18-15-37-72(76)73-50-49-67(54-80(73)88)89-66-34-23-32-64(53-66)85-56-86(79-44-21-20-43-78(79)85)82-68(60-27-10-6-11-28-60)38-24-39-69(82)61-29-12-7-13-30-61;/h5-55H,1-4H3;. The first kappa shape index (κ1) is 55.9. The minimum Gasteiger partial charge on any atom is -0.0622 e. The van der Waals surface area contributed by atoms with Gasteiger partial charge in [0.15, 0.2) is 0 Å². The average molecular weight is 1340 g/mol. The molecule has 0 N–H and O–H groups in total. The van der Waals surface area contributed by atoms with Crippen molar-refractivity contribution < 1.29 is 24.1 Å². The van der Waals surface area contributed by atoms with Gasteiger partial charge in [0.25, 0.3) is 0 Å². The van der Waals surface area contributed by atoms with E-state index in [9.17, 15) is 0 Å². The summed E-state index contributed by atoms with van der Waals surface area (Å²) >= 11 is 2.52. The van der Waals surface area contributed by atoms with E-state index >= 15 is 0 Å². The summed E-state index contributed by atoms with van der Waals surface area (Å²) in [6.45, 7) is 9.04. The summed E-state index contributed by atoms with van der Waals surface area (Å²) in [6.07, 6.45) is 2.04.